The molecule has 1 unspecified atom stereocenters. The van der Waals surface area contributed by atoms with Gasteiger partial charge in [0.25, 0.3) is 0 Å². The Hall–Kier alpha value is -1.35. The second kappa shape index (κ2) is 9.03. The minimum Gasteiger partial charge on any atom is -0.302 e. The first kappa shape index (κ1) is 21.0. The fourth-order valence-electron chi connectivity index (χ4n) is 2.68. The zero-order valence-electron chi connectivity index (χ0n) is 16.1. The van der Waals surface area contributed by atoms with Crippen LogP contribution in [0.2, 0.25) is 10.0 Å². The number of benzene rings is 2. The summed E-state index contributed by atoms with van der Waals surface area (Å²) in [6.45, 7) is 10.9. The van der Waals surface area contributed by atoms with Gasteiger partial charge in [-0.25, -0.2) is 0 Å². The molecule has 2 aromatic carbocycles. The van der Waals surface area contributed by atoms with Crippen LogP contribution in [-0.2, 0) is 0 Å². The maximum atomic E-state index is 6.00. The number of rotatable bonds is 6. The SMILES string of the molecule is C[C@@H](N=CC(N[C@H](C)c1ccc(Cl)cc1)C(C)(C)C)c1ccc(Cl)cc1. The van der Waals surface area contributed by atoms with Crippen molar-refractivity contribution in [1.82, 2.24) is 5.32 Å². The van der Waals surface area contributed by atoms with E-state index in [-0.39, 0.29) is 23.5 Å². The average Bonchev–Trinajstić information content (AvgIpc) is 2.58. The molecule has 2 rings (SSSR count). The van der Waals surface area contributed by atoms with E-state index >= 15 is 0 Å². The zero-order valence-corrected chi connectivity index (χ0v) is 17.6. The lowest BCUT2D eigenvalue weighted by atomic mass is 9.86. The largest absolute Gasteiger partial charge is 0.302 e. The van der Waals surface area contributed by atoms with Crippen LogP contribution in [0.25, 0.3) is 0 Å². The van der Waals surface area contributed by atoms with E-state index in [1.165, 1.54) is 5.56 Å². The third-order valence-corrected chi connectivity index (χ3v) is 5.05. The molecule has 140 valence electrons. The number of halogens is 2. The Labute approximate surface area is 167 Å². The minimum atomic E-state index is 0.0455. The van der Waals surface area contributed by atoms with Gasteiger partial charge in [0.1, 0.15) is 0 Å². The highest BCUT2D eigenvalue weighted by Crippen LogP contribution is 2.24. The van der Waals surface area contributed by atoms with Gasteiger partial charge >= 0.3 is 0 Å². The summed E-state index contributed by atoms with van der Waals surface area (Å²) in [5, 5.41) is 5.20. The van der Waals surface area contributed by atoms with E-state index in [1.807, 2.05) is 42.6 Å². The molecule has 0 aliphatic carbocycles. The van der Waals surface area contributed by atoms with E-state index in [0.29, 0.717) is 0 Å². The first-order valence-electron chi connectivity index (χ1n) is 8.97. The van der Waals surface area contributed by atoms with Crippen LogP contribution in [-0.4, -0.2) is 12.3 Å². The lowest BCUT2D eigenvalue weighted by Gasteiger charge is -2.32. The van der Waals surface area contributed by atoms with Crippen molar-refractivity contribution >= 4 is 29.4 Å². The molecule has 3 atom stereocenters. The van der Waals surface area contributed by atoms with Crippen LogP contribution in [0.4, 0.5) is 0 Å². The van der Waals surface area contributed by atoms with Crippen molar-refractivity contribution in [2.45, 2.75) is 52.7 Å². The summed E-state index contributed by atoms with van der Waals surface area (Å²) in [4.78, 5) is 4.80. The van der Waals surface area contributed by atoms with Crippen LogP contribution in [0.5, 0.6) is 0 Å². The molecule has 4 heteroatoms. The Morgan fingerprint density at radius 2 is 1.31 bits per heavy atom. The molecule has 0 fully saturated rings. The molecular weight excluding hydrogens is 363 g/mol. The third-order valence-electron chi connectivity index (χ3n) is 4.54. The third kappa shape index (κ3) is 6.12. The van der Waals surface area contributed by atoms with Gasteiger partial charge in [-0.2, -0.15) is 0 Å². The van der Waals surface area contributed by atoms with Crippen molar-refractivity contribution in [2.75, 3.05) is 0 Å². The molecule has 0 saturated carbocycles. The van der Waals surface area contributed by atoms with Crippen molar-refractivity contribution in [2.24, 2.45) is 10.4 Å². The predicted molar refractivity (Wildman–Crippen MR) is 115 cm³/mol. The van der Waals surface area contributed by atoms with Crippen LogP contribution in [0, 0.1) is 5.41 Å². The molecule has 0 aliphatic heterocycles. The summed E-state index contributed by atoms with van der Waals surface area (Å²) in [5.41, 5.74) is 2.41. The van der Waals surface area contributed by atoms with Crippen LogP contribution in [0.1, 0.15) is 57.8 Å². The van der Waals surface area contributed by atoms with Crippen molar-refractivity contribution in [1.29, 1.82) is 0 Å². The van der Waals surface area contributed by atoms with E-state index in [0.717, 1.165) is 15.6 Å². The predicted octanol–water partition coefficient (Wildman–Crippen LogP) is 6.89. The standard InChI is InChI=1S/C22H28Cl2N2/c1-15(17-6-10-19(23)11-7-17)25-14-21(22(3,4)5)26-16(2)18-8-12-20(24)13-9-18/h6-16,21,26H,1-5H3/t15-,16-,21?/m1/s1. The fourth-order valence-corrected chi connectivity index (χ4v) is 2.93. The number of nitrogens with zero attached hydrogens (tertiary/aromatic N) is 1. The Kier molecular flexibility index (Phi) is 7.28. The van der Waals surface area contributed by atoms with Gasteiger partial charge in [-0.15, -0.1) is 0 Å². The number of nitrogens with one attached hydrogen (secondary N) is 1. The van der Waals surface area contributed by atoms with Gasteiger partial charge in [-0.1, -0.05) is 68.2 Å². The Morgan fingerprint density at radius 3 is 1.77 bits per heavy atom. The van der Waals surface area contributed by atoms with E-state index < -0.39 is 0 Å². The summed E-state index contributed by atoms with van der Waals surface area (Å²) < 4.78 is 0. The normalized spacial score (nSPS) is 15.8. The van der Waals surface area contributed by atoms with Crippen molar-refractivity contribution in [3.8, 4) is 0 Å². The summed E-state index contributed by atoms with van der Waals surface area (Å²) >= 11 is 12.0. The molecule has 26 heavy (non-hydrogen) atoms. The monoisotopic (exact) mass is 390 g/mol. The minimum absolute atomic E-state index is 0.0455. The number of aliphatic imine (C=N–C) groups is 1. The highest BCUT2D eigenvalue weighted by molar-refractivity contribution is 6.30. The highest BCUT2D eigenvalue weighted by Gasteiger charge is 2.25. The van der Waals surface area contributed by atoms with E-state index in [2.05, 4.69) is 52.1 Å². The molecule has 2 aromatic rings. The van der Waals surface area contributed by atoms with Crippen molar-refractivity contribution < 1.29 is 0 Å². The molecule has 0 radical (unpaired) electrons. The summed E-state index contributed by atoms with van der Waals surface area (Å²) in [5.74, 6) is 0. The molecule has 0 saturated heterocycles. The zero-order chi connectivity index (χ0) is 19.3. The number of hydrogen-bond acceptors (Lipinski definition) is 2. The van der Waals surface area contributed by atoms with E-state index in [1.54, 1.807) is 0 Å². The first-order valence-corrected chi connectivity index (χ1v) is 9.72. The van der Waals surface area contributed by atoms with Gasteiger partial charge < -0.3 is 5.32 Å². The van der Waals surface area contributed by atoms with Gasteiger partial charge in [0.05, 0.1) is 6.04 Å². The molecule has 2 nitrogen and oxygen atoms in total. The second-order valence-electron chi connectivity index (χ2n) is 7.81. The summed E-state index contributed by atoms with van der Waals surface area (Å²) in [6, 6.07) is 16.3. The topological polar surface area (TPSA) is 24.4 Å². The summed E-state index contributed by atoms with van der Waals surface area (Å²) in [6.07, 6.45) is 2.05. The maximum Gasteiger partial charge on any atom is 0.0717 e. The molecule has 1 N–H and O–H groups in total. The van der Waals surface area contributed by atoms with Gasteiger partial charge in [-0.3, -0.25) is 4.99 Å². The molecule has 0 amide bonds. The lowest BCUT2D eigenvalue weighted by Crippen LogP contribution is -2.43. The first-order chi connectivity index (χ1) is 12.2. The average molecular weight is 391 g/mol. The van der Waals surface area contributed by atoms with Crippen molar-refractivity contribution in [3.05, 3.63) is 69.7 Å². The second-order valence-corrected chi connectivity index (χ2v) is 8.68. The molecule has 0 heterocycles. The number of hydrogen-bond donors (Lipinski definition) is 1. The highest BCUT2D eigenvalue weighted by atomic mass is 35.5. The van der Waals surface area contributed by atoms with Crippen molar-refractivity contribution in [3.63, 3.8) is 0 Å². The Bertz CT molecular complexity index is 715. The Balaban J connectivity index is 2.11. The maximum absolute atomic E-state index is 6.00. The molecule has 0 aliphatic rings. The smallest absolute Gasteiger partial charge is 0.0717 e. The molecule has 0 bridgehead atoms. The van der Waals surface area contributed by atoms with Gasteiger partial charge in [0, 0.05) is 28.3 Å². The van der Waals surface area contributed by atoms with E-state index in [4.69, 9.17) is 28.2 Å². The molecular formula is C22H28Cl2N2. The summed E-state index contributed by atoms with van der Waals surface area (Å²) in [7, 11) is 0. The van der Waals surface area contributed by atoms with Crippen LogP contribution < -0.4 is 5.32 Å². The molecule has 0 spiro atoms. The fraction of sp³-hybridized carbons (Fsp3) is 0.409. The van der Waals surface area contributed by atoms with Crippen LogP contribution >= 0.6 is 23.2 Å². The van der Waals surface area contributed by atoms with Gasteiger partial charge in [0.15, 0.2) is 0 Å². The quantitative estimate of drug-likeness (QED) is 0.533. The molecule has 0 aromatic heterocycles. The lowest BCUT2D eigenvalue weighted by molar-refractivity contribution is 0.314. The van der Waals surface area contributed by atoms with E-state index in [9.17, 15) is 0 Å². The Morgan fingerprint density at radius 1 is 0.846 bits per heavy atom. The van der Waals surface area contributed by atoms with Gasteiger partial charge in [0.2, 0.25) is 0 Å². The van der Waals surface area contributed by atoms with Crippen LogP contribution in [0.3, 0.4) is 0 Å². The van der Waals surface area contributed by atoms with Crippen LogP contribution in [0.15, 0.2) is 53.5 Å². The van der Waals surface area contributed by atoms with Gasteiger partial charge in [-0.05, 0) is 54.7 Å².